The Hall–Kier alpha value is -4.14. The topological polar surface area (TPSA) is 99.5 Å². The molecule has 9 heteroatoms. The van der Waals surface area contributed by atoms with Gasteiger partial charge in [-0.3, -0.25) is 14.5 Å². The van der Waals surface area contributed by atoms with Crippen LogP contribution in [0.25, 0.3) is 0 Å². The third kappa shape index (κ3) is 5.41. The lowest BCUT2D eigenvalue weighted by molar-refractivity contribution is -0.132. The van der Waals surface area contributed by atoms with Crippen LogP contribution < -0.4 is 29.2 Å². The third-order valence-corrected chi connectivity index (χ3v) is 6.91. The Labute approximate surface area is 221 Å². The highest BCUT2D eigenvalue weighted by Crippen LogP contribution is 2.37. The second-order valence-corrected chi connectivity index (χ2v) is 9.40. The lowest BCUT2D eigenvalue weighted by Gasteiger charge is -2.35. The van der Waals surface area contributed by atoms with Gasteiger partial charge < -0.3 is 28.7 Å². The van der Waals surface area contributed by atoms with Gasteiger partial charge in [-0.2, -0.15) is 0 Å². The summed E-state index contributed by atoms with van der Waals surface area (Å²) in [4.78, 5) is 29.6. The summed E-state index contributed by atoms with van der Waals surface area (Å²) in [5.74, 6) is 1.48. The minimum Gasteiger partial charge on any atom is -0.497 e. The van der Waals surface area contributed by atoms with E-state index in [1.54, 1.807) is 42.5 Å². The van der Waals surface area contributed by atoms with Crippen LogP contribution in [0, 0.1) is 0 Å². The van der Waals surface area contributed by atoms with Crippen LogP contribution in [0.3, 0.4) is 0 Å². The first-order chi connectivity index (χ1) is 18.6. The summed E-state index contributed by atoms with van der Waals surface area (Å²) in [7, 11) is 3.05. The van der Waals surface area contributed by atoms with Crippen molar-refractivity contribution in [1.29, 1.82) is 0 Å². The molecule has 2 aliphatic rings. The number of carbonyl (C=O) groups excluding carboxylic acids is 2. The molecule has 5 rings (SSSR count). The summed E-state index contributed by atoms with van der Waals surface area (Å²) in [6.45, 7) is -0.0113. The fourth-order valence-corrected chi connectivity index (χ4v) is 4.98. The molecule has 1 aliphatic carbocycles. The van der Waals surface area contributed by atoms with E-state index in [-0.39, 0.29) is 18.6 Å². The number of benzene rings is 2. The van der Waals surface area contributed by atoms with E-state index in [1.807, 2.05) is 12.1 Å². The minimum absolute atomic E-state index is 0.0113. The molecule has 0 saturated heterocycles. The van der Waals surface area contributed by atoms with Crippen molar-refractivity contribution >= 4 is 17.5 Å². The zero-order valence-electron chi connectivity index (χ0n) is 21.6. The Bertz CT molecular complexity index is 1230. The second kappa shape index (κ2) is 11.5. The number of nitrogens with one attached hydrogen (secondary N) is 1. The first-order valence-electron chi connectivity index (χ1n) is 12.9. The van der Waals surface area contributed by atoms with Gasteiger partial charge in [-0.15, -0.1) is 0 Å². The quantitative estimate of drug-likeness (QED) is 0.461. The molecular formula is C29H32N2O7. The first kappa shape index (κ1) is 25.5. The molecule has 0 radical (unpaired) electrons. The van der Waals surface area contributed by atoms with Gasteiger partial charge in [0.05, 0.1) is 26.2 Å². The van der Waals surface area contributed by atoms with Gasteiger partial charge in [0.1, 0.15) is 23.9 Å². The number of para-hydroxylation sites is 2. The van der Waals surface area contributed by atoms with Crippen LogP contribution in [0.15, 0.2) is 65.3 Å². The molecule has 1 N–H and O–H groups in total. The number of hydrogen-bond donors (Lipinski definition) is 1. The minimum atomic E-state index is -1.10. The van der Waals surface area contributed by atoms with Gasteiger partial charge >= 0.3 is 0 Å². The molecule has 2 amide bonds. The Morgan fingerprint density at radius 3 is 2.32 bits per heavy atom. The van der Waals surface area contributed by atoms with Gasteiger partial charge in [-0.05, 0) is 37.1 Å². The number of ether oxygens (including phenoxy) is 4. The molecule has 200 valence electrons. The molecule has 0 bridgehead atoms. The molecule has 2 atom stereocenters. The zero-order valence-corrected chi connectivity index (χ0v) is 21.6. The van der Waals surface area contributed by atoms with Crippen molar-refractivity contribution in [2.24, 2.45) is 0 Å². The average Bonchev–Trinajstić information content (AvgIpc) is 3.49. The van der Waals surface area contributed by atoms with Gasteiger partial charge in [0, 0.05) is 24.2 Å². The maximum Gasteiger partial charge on any atom is 0.272 e. The van der Waals surface area contributed by atoms with Gasteiger partial charge in [-0.25, -0.2) is 0 Å². The van der Waals surface area contributed by atoms with Crippen molar-refractivity contribution in [2.75, 3.05) is 25.7 Å². The molecule has 3 aromatic rings. The van der Waals surface area contributed by atoms with Crippen LogP contribution in [-0.4, -0.2) is 44.8 Å². The summed E-state index contributed by atoms with van der Waals surface area (Å²) in [6, 6.07) is 14.6. The number of hydrogen-bond acceptors (Lipinski definition) is 7. The molecular weight excluding hydrogens is 488 g/mol. The molecule has 1 fully saturated rings. The summed E-state index contributed by atoms with van der Waals surface area (Å²) in [5.41, 5.74) is 0.397. The van der Waals surface area contributed by atoms with E-state index in [1.165, 1.54) is 25.4 Å². The van der Waals surface area contributed by atoms with Gasteiger partial charge in [-0.1, -0.05) is 31.4 Å². The van der Waals surface area contributed by atoms with Crippen molar-refractivity contribution < 1.29 is 33.0 Å². The Balaban J connectivity index is 1.56. The van der Waals surface area contributed by atoms with Crippen molar-refractivity contribution in [2.45, 2.75) is 50.3 Å². The second-order valence-electron chi connectivity index (χ2n) is 9.40. The molecule has 9 nitrogen and oxygen atoms in total. The predicted octanol–water partition coefficient (Wildman–Crippen LogP) is 4.66. The van der Waals surface area contributed by atoms with Crippen molar-refractivity contribution in [3.8, 4) is 23.0 Å². The van der Waals surface area contributed by atoms with Crippen LogP contribution in [0.2, 0.25) is 0 Å². The summed E-state index contributed by atoms with van der Waals surface area (Å²) >= 11 is 0. The summed E-state index contributed by atoms with van der Waals surface area (Å²) < 4.78 is 28.6. The molecule has 2 aromatic carbocycles. The van der Waals surface area contributed by atoms with Crippen LogP contribution in [0.1, 0.15) is 43.9 Å². The van der Waals surface area contributed by atoms with E-state index in [0.29, 0.717) is 34.4 Å². The fraction of sp³-hybridized carbons (Fsp3) is 0.379. The van der Waals surface area contributed by atoms with Crippen LogP contribution in [-0.2, 0) is 9.59 Å². The number of rotatable bonds is 8. The maximum absolute atomic E-state index is 14.3. The van der Waals surface area contributed by atoms with Crippen LogP contribution in [0.4, 0.5) is 5.69 Å². The third-order valence-electron chi connectivity index (χ3n) is 6.91. The van der Waals surface area contributed by atoms with Gasteiger partial charge in [0.2, 0.25) is 6.10 Å². The number of furan rings is 1. The van der Waals surface area contributed by atoms with Gasteiger partial charge in [0.25, 0.3) is 11.8 Å². The smallest absolute Gasteiger partial charge is 0.272 e. The monoisotopic (exact) mass is 520 g/mol. The van der Waals surface area contributed by atoms with Crippen molar-refractivity contribution in [3.05, 3.63) is 66.6 Å². The van der Waals surface area contributed by atoms with Crippen molar-refractivity contribution in [1.82, 2.24) is 5.32 Å². The zero-order chi connectivity index (χ0) is 26.5. The van der Waals surface area contributed by atoms with E-state index < -0.39 is 18.1 Å². The lowest BCUT2D eigenvalue weighted by Crippen LogP contribution is -2.52. The normalized spacial score (nSPS) is 17.8. The molecule has 0 unspecified atom stereocenters. The highest BCUT2D eigenvalue weighted by molar-refractivity contribution is 6.03. The molecule has 1 aliphatic heterocycles. The Morgan fingerprint density at radius 1 is 0.947 bits per heavy atom. The van der Waals surface area contributed by atoms with E-state index in [2.05, 4.69) is 5.32 Å². The van der Waals surface area contributed by atoms with Crippen molar-refractivity contribution in [3.63, 3.8) is 0 Å². The lowest BCUT2D eigenvalue weighted by atomic mass is 9.95. The Kier molecular flexibility index (Phi) is 7.72. The Morgan fingerprint density at radius 2 is 1.66 bits per heavy atom. The average molecular weight is 521 g/mol. The first-order valence-corrected chi connectivity index (χ1v) is 12.9. The number of methoxy groups -OCH3 is 2. The highest BCUT2D eigenvalue weighted by Gasteiger charge is 2.41. The SMILES string of the molecule is COc1cc(OC)cc(N(C(=O)[C@H]2COc3ccccc3O2)[C@@H](C(=O)NC2CCCCC2)c2ccco2)c1. The molecule has 38 heavy (non-hydrogen) atoms. The molecule has 0 spiro atoms. The van der Waals surface area contributed by atoms with Crippen LogP contribution in [0.5, 0.6) is 23.0 Å². The van der Waals surface area contributed by atoms with E-state index >= 15 is 0 Å². The van der Waals surface area contributed by atoms with Gasteiger partial charge in [0.15, 0.2) is 17.5 Å². The number of amides is 2. The number of anilines is 1. The molecule has 2 heterocycles. The standard InChI is InChI=1S/C29H32N2O7/c1-34-21-15-20(16-22(17-21)35-2)31(29(33)26-18-37-23-11-6-7-12-24(23)38-26)27(25-13-8-14-36-25)28(32)30-19-9-4-3-5-10-19/h6-8,11-17,19,26-27H,3-5,9-10,18H2,1-2H3,(H,30,32)/t26-,27-/m1/s1. The molecule has 1 aromatic heterocycles. The largest absolute Gasteiger partial charge is 0.497 e. The van der Waals surface area contributed by atoms with E-state index in [0.717, 1.165) is 32.1 Å². The molecule has 1 saturated carbocycles. The maximum atomic E-state index is 14.3. The van der Waals surface area contributed by atoms with Crippen LogP contribution >= 0.6 is 0 Å². The fourth-order valence-electron chi connectivity index (χ4n) is 4.98. The number of nitrogens with zero attached hydrogens (tertiary/aromatic N) is 1. The van der Waals surface area contributed by atoms with E-state index in [9.17, 15) is 9.59 Å². The summed E-state index contributed by atoms with van der Waals surface area (Å²) in [5, 5.41) is 3.16. The highest BCUT2D eigenvalue weighted by atomic mass is 16.6. The predicted molar refractivity (Wildman–Crippen MR) is 140 cm³/mol. The summed E-state index contributed by atoms with van der Waals surface area (Å²) in [6.07, 6.45) is 5.55. The number of carbonyl (C=O) groups is 2. The number of fused-ring (bicyclic) bond motifs is 1. The van der Waals surface area contributed by atoms with E-state index in [4.69, 9.17) is 23.4 Å².